The van der Waals surface area contributed by atoms with Crippen LogP contribution >= 0.6 is 0 Å². The zero-order valence-corrected chi connectivity index (χ0v) is 31.0. The molecule has 1 aliphatic carbocycles. The molecule has 0 amide bonds. The summed E-state index contributed by atoms with van der Waals surface area (Å²) in [6, 6.07) is 64.3. The van der Waals surface area contributed by atoms with Gasteiger partial charge < -0.3 is 13.7 Å². The van der Waals surface area contributed by atoms with Crippen LogP contribution in [0.15, 0.2) is 191 Å². The SMILES string of the molecule is CC1(C)c2ccccc2-c2c(N(c3ccc(-c4c5nc(-c6ccccc6)oc5cc5c4oc4ccccc45)cc3)c3cccc(-c4ccccc4)c3)cccc21. The van der Waals surface area contributed by atoms with Gasteiger partial charge in [-0.1, -0.05) is 141 Å². The number of rotatable bonds is 6. The van der Waals surface area contributed by atoms with E-state index in [1.54, 1.807) is 0 Å². The monoisotopic (exact) mass is 720 g/mol. The van der Waals surface area contributed by atoms with E-state index in [4.69, 9.17) is 13.8 Å². The van der Waals surface area contributed by atoms with Crippen LogP contribution < -0.4 is 4.90 Å². The van der Waals surface area contributed by atoms with Crippen LogP contribution in [0.4, 0.5) is 17.1 Å². The zero-order valence-electron chi connectivity index (χ0n) is 31.0. The van der Waals surface area contributed by atoms with Gasteiger partial charge in [-0.2, -0.15) is 0 Å². The molecule has 10 aromatic rings. The van der Waals surface area contributed by atoms with E-state index in [0.717, 1.165) is 72.4 Å². The van der Waals surface area contributed by atoms with Crippen molar-refractivity contribution in [2.24, 2.45) is 0 Å². The second-order valence-corrected chi connectivity index (χ2v) is 15.1. The number of benzene rings is 8. The Bertz CT molecular complexity index is 3100. The van der Waals surface area contributed by atoms with Gasteiger partial charge in [-0.15, -0.1) is 0 Å². The van der Waals surface area contributed by atoms with Gasteiger partial charge >= 0.3 is 0 Å². The third-order valence-electron chi connectivity index (χ3n) is 11.5. The third-order valence-corrected chi connectivity index (χ3v) is 11.5. The highest BCUT2D eigenvalue weighted by Gasteiger charge is 2.37. The summed E-state index contributed by atoms with van der Waals surface area (Å²) in [4.78, 5) is 7.52. The second kappa shape index (κ2) is 12.4. The van der Waals surface area contributed by atoms with E-state index in [-0.39, 0.29) is 5.41 Å². The predicted octanol–water partition coefficient (Wildman–Crippen LogP) is 14.5. The number of hydrogen-bond donors (Lipinski definition) is 0. The van der Waals surface area contributed by atoms with Gasteiger partial charge in [0.25, 0.3) is 0 Å². The molecule has 0 bridgehead atoms. The van der Waals surface area contributed by atoms with E-state index in [1.807, 2.05) is 48.5 Å². The Labute approximate surface area is 324 Å². The molecule has 2 heterocycles. The molecule has 0 fully saturated rings. The minimum absolute atomic E-state index is 0.129. The molecule has 0 aliphatic heterocycles. The minimum Gasteiger partial charge on any atom is -0.455 e. The van der Waals surface area contributed by atoms with E-state index in [9.17, 15) is 0 Å². The van der Waals surface area contributed by atoms with Crippen LogP contribution in [0.5, 0.6) is 0 Å². The van der Waals surface area contributed by atoms with Gasteiger partial charge in [0, 0.05) is 38.7 Å². The first kappa shape index (κ1) is 32.3. The number of para-hydroxylation sites is 1. The van der Waals surface area contributed by atoms with Gasteiger partial charge in [0.05, 0.1) is 11.3 Å². The van der Waals surface area contributed by atoms with Gasteiger partial charge in [0.2, 0.25) is 5.89 Å². The van der Waals surface area contributed by atoms with Crippen LogP contribution in [0.25, 0.3) is 77.9 Å². The largest absolute Gasteiger partial charge is 0.455 e. The van der Waals surface area contributed by atoms with Crippen LogP contribution in [0, 0.1) is 0 Å². The second-order valence-electron chi connectivity index (χ2n) is 15.1. The predicted molar refractivity (Wildman–Crippen MR) is 230 cm³/mol. The topological polar surface area (TPSA) is 42.4 Å². The van der Waals surface area contributed by atoms with Crippen LogP contribution in [-0.2, 0) is 5.41 Å². The molecular formula is C52H36N2O2. The first-order valence-electron chi connectivity index (χ1n) is 19.1. The van der Waals surface area contributed by atoms with Crippen molar-refractivity contribution in [1.29, 1.82) is 0 Å². The van der Waals surface area contributed by atoms with E-state index in [0.29, 0.717) is 5.89 Å². The fourth-order valence-electron chi connectivity index (χ4n) is 8.80. The van der Waals surface area contributed by atoms with Gasteiger partial charge in [-0.25, -0.2) is 4.98 Å². The van der Waals surface area contributed by atoms with Gasteiger partial charge in [-0.05, 0) is 88.0 Å². The normalized spacial score (nSPS) is 13.0. The summed E-state index contributed by atoms with van der Waals surface area (Å²) in [7, 11) is 0. The highest BCUT2D eigenvalue weighted by molar-refractivity contribution is 6.16. The highest BCUT2D eigenvalue weighted by atomic mass is 16.4. The molecule has 0 unspecified atom stereocenters. The number of hydrogen-bond acceptors (Lipinski definition) is 4. The van der Waals surface area contributed by atoms with E-state index in [2.05, 4.69) is 152 Å². The van der Waals surface area contributed by atoms with Gasteiger partial charge in [0.15, 0.2) is 5.58 Å². The molecule has 266 valence electrons. The number of furan rings is 1. The lowest BCUT2D eigenvalue weighted by Gasteiger charge is -2.29. The number of fused-ring (bicyclic) bond motifs is 7. The number of aromatic nitrogens is 1. The molecule has 0 saturated carbocycles. The van der Waals surface area contributed by atoms with Crippen molar-refractivity contribution in [2.75, 3.05) is 4.90 Å². The third kappa shape index (κ3) is 4.96. The molecule has 0 radical (unpaired) electrons. The fraction of sp³-hybridized carbons (Fsp3) is 0.0577. The first-order valence-corrected chi connectivity index (χ1v) is 19.1. The van der Waals surface area contributed by atoms with Crippen molar-refractivity contribution in [1.82, 2.24) is 4.98 Å². The van der Waals surface area contributed by atoms with Crippen molar-refractivity contribution in [3.8, 4) is 44.8 Å². The van der Waals surface area contributed by atoms with Crippen molar-refractivity contribution in [3.63, 3.8) is 0 Å². The van der Waals surface area contributed by atoms with Crippen LogP contribution in [0.3, 0.4) is 0 Å². The molecule has 0 saturated heterocycles. The Morgan fingerprint density at radius 1 is 0.464 bits per heavy atom. The summed E-state index contributed by atoms with van der Waals surface area (Å²) in [6.45, 7) is 4.67. The first-order chi connectivity index (χ1) is 27.5. The number of nitrogens with zero attached hydrogens (tertiary/aromatic N) is 2. The maximum atomic E-state index is 6.64. The fourth-order valence-corrected chi connectivity index (χ4v) is 8.80. The van der Waals surface area contributed by atoms with Crippen molar-refractivity contribution >= 4 is 50.1 Å². The zero-order chi connectivity index (χ0) is 37.4. The molecule has 56 heavy (non-hydrogen) atoms. The van der Waals surface area contributed by atoms with E-state index < -0.39 is 0 Å². The summed E-state index contributed by atoms with van der Waals surface area (Å²) in [5.41, 5.74) is 16.7. The minimum atomic E-state index is -0.129. The lowest BCUT2D eigenvalue weighted by Crippen LogP contribution is -2.16. The quantitative estimate of drug-likeness (QED) is 0.171. The molecule has 0 N–H and O–H groups in total. The van der Waals surface area contributed by atoms with Crippen LogP contribution in [0.2, 0.25) is 0 Å². The van der Waals surface area contributed by atoms with Crippen LogP contribution in [-0.4, -0.2) is 4.98 Å². The highest BCUT2D eigenvalue weighted by Crippen LogP contribution is 2.54. The Morgan fingerprint density at radius 2 is 1.14 bits per heavy atom. The lowest BCUT2D eigenvalue weighted by molar-refractivity contribution is 0.620. The average Bonchev–Trinajstić information content (AvgIpc) is 3.92. The maximum absolute atomic E-state index is 6.64. The summed E-state index contributed by atoms with van der Waals surface area (Å²) in [5, 5.41) is 2.05. The van der Waals surface area contributed by atoms with E-state index in [1.165, 1.54) is 27.8 Å². The molecule has 8 aromatic carbocycles. The molecule has 11 rings (SSSR count). The van der Waals surface area contributed by atoms with Gasteiger partial charge in [-0.3, -0.25) is 0 Å². The average molecular weight is 721 g/mol. The molecule has 4 nitrogen and oxygen atoms in total. The molecule has 0 spiro atoms. The molecule has 1 aliphatic rings. The van der Waals surface area contributed by atoms with Crippen LogP contribution in [0.1, 0.15) is 25.0 Å². The Hall–Kier alpha value is -7.17. The summed E-state index contributed by atoms with van der Waals surface area (Å²) in [6.07, 6.45) is 0. The lowest BCUT2D eigenvalue weighted by atomic mass is 9.82. The summed E-state index contributed by atoms with van der Waals surface area (Å²) >= 11 is 0. The molecule has 4 heteroatoms. The maximum Gasteiger partial charge on any atom is 0.227 e. The van der Waals surface area contributed by atoms with Crippen molar-refractivity contribution in [3.05, 3.63) is 193 Å². The summed E-state index contributed by atoms with van der Waals surface area (Å²) < 4.78 is 13.1. The number of anilines is 3. The smallest absolute Gasteiger partial charge is 0.227 e. The standard InChI is InChI=1S/C52H36N2O2/c1-52(2)42-23-11-9-22-40(42)48-43(52)24-14-25-44(48)54(38-20-13-19-36(31-38)33-15-5-3-6-16-33)37-29-27-34(28-30-37)47-49-46(56-51(53-49)35-17-7-4-8-18-35)32-41-39-21-10-12-26-45(39)55-50(41)47/h3-32H,1-2H3. The molecule has 0 atom stereocenters. The van der Waals surface area contributed by atoms with Crippen molar-refractivity contribution in [2.45, 2.75) is 19.3 Å². The number of oxazole rings is 1. The Balaban J connectivity index is 1.12. The van der Waals surface area contributed by atoms with Gasteiger partial charge in [0.1, 0.15) is 16.7 Å². The molecule has 2 aromatic heterocycles. The summed E-state index contributed by atoms with van der Waals surface area (Å²) in [5.74, 6) is 0.584. The molecular weight excluding hydrogens is 685 g/mol. The Morgan fingerprint density at radius 3 is 1.96 bits per heavy atom. The Kier molecular flexibility index (Phi) is 7.17. The van der Waals surface area contributed by atoms with E-state index >= 15 is 0 Å². The van der Waals surface area contributed by atoms with Crippen molar-refractivity contribution < 1.29 is 8.83 Å².